The Morgan fingerprint density at radius 2 is 2.08 bits per heavy atom. The molecule has 0 saturated carbocycles. The summed E-state index contributed by atoms with van der Waals surface area (Å²) in [6, 6.07) is 7.58. The second-order valence-corrected chi connectivity index (χ2v) is 6.52. The summed E-state index contributed by atoms with van der Waals surface area (Å²) in [5.74, 6) is 1.10. The first-order valence-corrected chi connectivity index (χ1v) is 8.42. The maximum atomic E-state index is 10.2. The molecule has 0 amide bonds. The van der Waals surface area contributed by atoms with Gasteiger partial charge in [0.1, 0.15) is 22.4 Å². The Morgan fingerprint density at radius 3 is 2.71 bits per heavy atom. The van der Waals surface area contributed by atoms with Gasteiger partial charge in [0.05, 0.1) is 31.0 Å². The van der Waals surface area contributed by atoms with E-state index >= 15 is 0 Å². The molecule has 1 unspecified atom stereocenters. The van der Waals surface area contributed by atoms with Crippen molar-refractivity contribution in [3.05, 3.63) is 40.4 Å². The zero-order valence-electron chi connectivity index (χ0n) is 13.5. The molecule has 1 aromatic carbocycles. The van der Waals surface area contributed by atoms with Crippen molar-refractivity contribution in [1.82, 2.24) is 9.88 Å². The lowest BCUT2D eigenvalue weighted by Crippen LogP contribution is -2.33. The predicted octanol–water partition coefficient (Wildman–Crippen LogP) is 2.76. The second-order valence-electron chi connectivity index (χ2n) is 5.67. The van der Waals surface area contributed by atoms with Crippen LogP contribution in [0.25, 0.3) is 16.8 Å². The van der Waals surface area contributed by atoms with Crippen LogP contribution >= 0.6 is 11.3 Å². The topological polar surface area (TPSA) is 89.7 Å². The lowest BCUT2D eigenvalue weighted by molar-refractivity contribution is 0.160. The van der Waals surface area contributed by atoms with Gasteiger partial charge in [-0.2, -0.15) is 0 Å². The van der Waals surface area contributed by atoms with Crippen molar-refractivity contribution >= 4 is 22.7 Å². The third kappa shape index (κ3) is 3.13. The SMILES string of the molecule is COc1ccc(-c2csc(C3=C(O)CN(CC(C)O)C3=N)n2)cc1. The Hall–Kier alpha value is -2.38. The number of aliphatic hydroxyl groups excluding tert-OH is 2. The molecule has 1 atom stereocenters. The van der Waals surface area contributed by atoms with Gasteiger partial charge in [0.2, 0.25) is 0 Å². The zero-order valence-corrected chi connectivity index (χ0v) is 14.3. The van der Waals surface area contributed by atoms with Crippen molar-refractivity contribution < 1.29 is 14.9 Å². The zero-order chi connectivity index (χ0) is 17.3. The minimum absolute atomic E-state index is 0.122. The Morgan fingerprint density at radius 1 is 1.38 bits per heavy atom. The summed E-state index contributed by atoms with van der Waals surface area (Å²) >= 11 is 1.39. The highest BCUT2D eigenvalue weighted by Crippen LogP contribution is 2.32. The molecule has 0 radical (unpaired) electrons. The maximum Gasteiger partial charge on any atom is 0.135 e. The van der Waals surface area contributed by atoms with Crippen LogP contribution in [0, 0.1) is 5.41 Å². The molecular formula is C17H19N3O3S. The standard InChI is InChI=1S/C17H19N3O3S/c1-10(21)7-20-8-14(22)15(16(20)18)17-19-13(9-24-17)11-3-5-12(23-2)6-4-11/h3-6,9-10,18,21-22H,7-8H2,1-2H3. The number of benzene rings is 1. The van der Waals surface area contributed by atoms with Crippen LogP contribution in [0.1, 0.15) is 11.9 Å². The summed E-state index contributed by atoms with van der Waals surface area (Å²) in [5, 5.41) is 30.5. The third-order valence-electron chi connectivity index (χ3n) is 3.77. The molecule has 0 bridgehead atoms. The smallest absolute Gasteiger partial charge is 0.135 e. The Kier molecular flexibility index (Phi) is 4.55. The van der Waals surface area contributed by atoms with E-state index < -0.39 is 6.10 Å². The average Bonchev–Trinajstić information content (AvgIpc) is 3.12. The first-order chi connectivity index (χ1) is 11.5. The monoisotopic (exact) mass is 345 g/mol. The van der Waals surface area contributed by atoms with Gasteiger partial charge in [-0.1, -0.05) is 0 Å². The maximum absolute atomic E-state index is 10.2. The van der Waals surface area contributed by atoms with E-state index in [1.807, 2.05) is 29.6 Å². The summed E-state index contributed by atoms with van der Waals surface area (Å²) < 4.78 is 5.15. The lowest BCUT2D eigenvalue weighted by atomic mass is 10.1. The van der Waals surface area contributed by atoms with E-state index in [0.717, 1.165) is 17.0 Å². The number of ether oxygens (including phenoxy) is 1. The van der Waals surface area contributed by atoms with Crippen LogP contribution in [0.4, 0.5) is 0 Å². The number of rotatable bonds is 5. The number of nitrogens with zero attached hydrogens (tertiary/aromatic N) is 2. The van der Waals surface area contributed by atoms with Crippen LogP contribution in [0.5, 0.6) is 5.75 Å². The average molecular weight is 345 g/mol. The summed E-state index contributed by atoms with van der Waals surface area (Å²) in [4.78, 5) is 6.20. The first-order valence-electron chi connectivity index (χ1n) is 7.54. The van der Waals surface area contributed by atoms with Crippen LogP contribution in [-0.4, -0.2) is 52.2 Å². The van der Waals surface area contributed by atoms with E-state index in [9.17, 15) is 10.2 Å². The Balaban J connectivity index is 1.84. The van der Waals surface area contributed by atoms with E-state index in [2.05, 4.69) is 4.98 Å². The van der Waals surface area contributed by atoms with Crippen molar-refractivity contribution in [2.45, 2.75) is 13.0 Å². The second kappa shape index (κ2) is 6.62. The van der Waals surface area contributed by atoms with Crippen LogP contribution in [0.2, 0.25) is 0 Å². The van der Waals surface area contributed by atoms with Gasteiger partial charge in [-0.25, -0.2) is 4.98 Å². The minimum Gasteiger partial charge on any atom is -0.510 e. The van der Waals surface area contributed by atoms with Crippen molar-refractivity contribution in [1.29, 1.82) is 5.41 Å². The molecule has 3 N–H and O–H groups in total. The largest absolute Gasteiger partial charge is 0.510 e. The molecule has 0 aliphatic carbocycles. The number of methoxy groups -OCH3 is 1. The first kappa shape index (κ1) is 16.5. The van der Waals surface area contributed by atoms with Crippen LogP contribution in [-0.2, 0) is 0 Å². The quantitative estimate of drug-likeness (QED) is 0.775. The molecule has 0 saturated heterocycles. The van der Waals surface area contributed by atoms with Crippen LogP contribution in [0.3, 0.4) is 0 Å². The molecule has 1 aliphatic rings. The third-order valence-corrected chi connectivity index (χ3v) is 4.63. The number of hydrogen-bond acceptors (Lipinski definition) is 6. The lowest BCUT2D eigenvalue weighted by Gasteiger charge is -2.19. The molecule has 2 heterocycles. The van der Waals surface area contributed by atoms with E-state index in [1.54, 1.807) is 18.9 Å². The number of nitrogens with one attached hydrogen (secondary N) is 1. The van der Waals surface area contributed by atoms with Gasteiger partial charge in [-0.3, -0.25) is 5.41 Å². The van der Waals surface area contributed by atoms with Gasteiger partial charge in [0, 0.05) is 17.5 Å². The molecule has 3 rings (SSSR count). The van der Waals surface area contributed by atoms with Gasteiger partial charge in [-0.15, -0.1) is 11.3 Å². The van der Waals surface area contributed by atoms with Gasteiger partial charge < -0.3 is 19.8 Å². The molecular weight excluding hydrogens is 326 g/mol. The van der Waals surface area contributed by atoms with Crippen LogP contribution < -0.4 is 4.74 Å². The van der Waals surface area contributed by atoms with Crippen molar-refractivity contribution in [2.24, 2.45) is 0 Å². The summed E-state index contributed by atoms with van der Waals surface area (Å²) in [7, 11) is 1.62. The van der Waals surface area contributed by atoms with E-state index in [-0.39, 0.29) is 18.1 Å². The van der Waals surface area contributed by atoms with Crippen LogP contribution in [0.15, 0.2) is 35.4 Å². The Labute approximate surface area is 144 Å². The predicted molar refractivity (Wildman–Crippen MR) is 94.6 cm³/mol. The van der Waals surface area contributed by atoms with Crippen molar-refractivity contribution in [2.75, 3.05) is 20.2 Å². The molecule has 2 aromatic rings. The van der Waals surface area contributed by atoms with E-state index in [1.165, 1.54) is 11.3 Å². The molecule has 24 heavy (non-hydrogen) atoms. The number of thiazole rings is 1. The number of aromatic nitrogens is 1. The number of aliphatic hydroxyl groups is 2. The molecule has 0 spiro atoms. The van der Waals surface area contributed by atoms with Gasteiger partial charge >= 0.3 is 0 Å². The Bertz CT molecular complexity index is 781. The summed E-state index contributed by atoms with van der Waals surface area (Å²) in [6.45, 7) is 2.20. The fraction of sp³-hybridized carbons (Fsp3) is 0.294. The van der Waals surface area contributed by atoms with E-state index in [4.69, 9.17) is 10.1 Å². The van der Waals surface area contributed by atoms with Gasteiger partial charge in [0.15, 0.2) is 0 Å². The highest BCUT2D eigenvalue weighted by molar-refractivity contribution is 7.11. The number of hydrogen-bond donors (Lipinski definition) is 3. The fourth-order valence-electron chi connectivity index (χ4n) is 2.62. The summed E-state index contributed by atoms with van der Waals surface area (Å²) in [6.07, 6.45) is -0.566. The molecule has 1 aromatic heterocycles. The van der Waals surface area contributed by atoms with E-state index in [0.29, 0.717) is 17.1 Å². The fourth-order valence-corrected chi connectivity index (χ4v) is 3.51. The van der Waals surface area contributed by atoms with Gasteiger partial charge in [0.25, 0.3) is 0 Å². The highest BCUT2D eigenvalue weighted by Gasteiger charge is 2.30. The normalized spacial score (nSPS) is 16.0. The molecule has 126 valence electrons. The highest BCUT2D eigenvalue weighted by atomic mass is 32.1. The number of amidine groups is 1. The molecule has 6 nitrogen and oxygen atoms in total. The summed E-state index contributed by atoms with van der Waals surface area (Å²) in [5.41, 5.74) is 2.18. The molecule has 0 fully saturated rings. The molecule has 7 heteroatoms. The van der Waals surface area contributed by atoms with Gasteiger partial charge in [-0.05, 0) is 31.2 Å². The molecule has 1 aliphatic heterocycles. The minimum atomic E-state index is -0.566. The van der Waals surface area contributed by atoms with Crippen molar-refractivity contribution in [3.8, 4) is 17.0 Å². The van der Waals surface area contributed by atoms with Crippen molar-refractivity contribution in [3.63, 3.8) is 0 Å². The number of β-amino-alcohol motifs (C(OH)–C–C–N with tert-alkyl or cyclic N) is 1.